The number of ether oxygens (including phenoxy) is 1. The summed E-state index contributed by atoms with van der Waals surface area (Å²) < 4.78 is 6.44. The largest absolute Gasteiger partial charge is 0.484 e. The molecule has 0 fully saturated rings. The Labute approximate surface area is 142 Å². The molecule has 0 saturated heterocycles. The minimum atomic E-state index is -0.179. The number of hydrogen-bond donors (Lipinski definition) is 1. The van der Waals surface area contributed by atoms with Gasteiger partial charge in [0.2, 0.25) is 0 Å². The summed E-state index contributed by atoms with van der Waals surface area (Å²) in [6.45, 7) is 2.25. The maximum absolute atomic E-state index is 12.0. The molecule has 0 radical (unpaired) electrons. The highest BCUT2D eigenvalue weighted by molar-refractivity contribution is 9.10. The molecule has 0 aliphatic heterocycles. The number of nitrogens with one attached hydrogen (secondary N) is 1. The number of nitrogens with zero attached hydrogens (tertiary/aromatic N) is 1. The van der Waals surface area contributed by atoms with Crippen LogP contribution >= 0.6 is 27.3 Å². The van der Waals surface area contributed by atoms with Gasteiger partial charge in [0.15, 0.2) is 11.7 Å². The van der Waals surface area contributed by atoms with Crippen LogP contribution in [0.15, 0.2) is 28.7 Å². The molecule has 0 bridgehead atoms. The molecule has 1 aromatic heterocycles. The van der Waals surface area contributed by atoms with E-state index in [2.05, 4.69) is 33.2 Å². The summed E-state index contributed by atoms with van der Waals surface area (Å²) in [4.78, 5) is 17.8. The number of aryl methyl sites for hydroxylation is 1. The number of aromatic nitrogens is 1. The van der Waals surface area contributed by atoms with E-state index in [1.807, 2.05) is 24.3 Å². The van der Waals surface area contributed by atoms with E-state index in [0.717, 1.165) is 23.0 Å². The van der Waals surface area contributed by atoms with E-state index in [0.29, 0.717) is 16.8 Å². The van der Waals surface area contributed by atoms with Gasteiger partial charge in [-0.1, -0.05) is 22.9 Å². The standard InChI is InChI=1S/C16H17BrN2O2S/c1-10-2-7-13-14(8-10)22-16(18-13)19-15(20)9-21-12-5-3-11(17)4-6-12/h3-6,10H,2,7-9H2,1H3,(H,18,19,20). The number of carbonyl (C=O) groups excluding carboxylic acids is 1. The molecule has 6 heteroatoms. The molecule has 116 valence electrons. The summed E-state index contributed by atoms with van der Waals surface area (Å²) in [5.41, 5.74) is 1.15. The first kappa shape index (κ1) is 15.5. The molecular formula is C16H17BrN2O2S. The van der Waals surface area contributed by atoms with E-state index in [1.165, 1.54) is 11.3 Å². The molecule has 0 spiro atoms. The van der Waals surface area contributed by atoms with Crippen molar-refractivity contribution < 1.29 is 9.53 Å². The quantitative estimate of drug-likeness (QED) is 0.870. The number of benzene rings is 1. The average Bonchev–Trinajstić information content (AvgIpc) is 2.88. The van der Waals surface area contributed by atoms with Crippen LogP contribution in [-0.4, -0.2) is 17.5 Å². The monoisotopic (exact) mass is 380 g/mol. The summed E-state index contributed by atoms with van der Waals surface area (Å²) in [5, 5.41) is 3.51. The second-order valence-corrected chi connectivity index (χ2v) is 7.53. The molecular weight excluding hydrogens is 364 g/mol. The highest BCUT2D eigenvalue weighted by atomic mass is 79.9. The predicted molar refractivity (Wildman–Crippen MR) is 91.6 cm³/mol. The Hall–Kier alpha value is -1.40. The van der Waals surface area contributed by atoms with Crippen LogP contribution in [-0.2, 0) is 17.6 Å². The van der Waals surface area contributed by atoms with Crippen molar-refractivity contribution in [1.82, 2.24) is 4.98 Å². The molecule has 4 nitrogen and oxygen atoms in total. The average molecular weight is 381 g/mol. The minimum absolute atomic E-state index is 0.0116. The fraction of sp³-hybridized carbons (Fsp3) is 0.375. The maximum Gasteiger partial charge on any atom is 0.264 e. The van der Waals surface area contributed by atoms with E-state index in [9.17, 15) is 4.79 Å². The van der Waals surface area contributed by atoms with Crippen LogP contribution in [0.2, 0.25) is 0 Å². The van der Waals surface area contributed by atoms with Crippen LogP contribution in [0.25, 0.3) is 0 Å². The van der Waals surface area contributed by atoms with Gasteiger partial charge in [-0.2, -0.15) is 0 Å². The lowest BCUT2D eigenvalue weighted by molar-refractivity contribution is -0.118. The van der Waals surface area contributed by atoms with Crippen molar-refractivity contribution in [2.75, 3.05) is 11.9 Å². The van der Waals surface area contributed by atoms with Gasteiger partial charge in [-0.25, -0.2) is 4.98 Å². The van der Waals surface area contributed by atoms with Crippen molar-refractivity contribution in [2.45, 2.75) is 26.2 Å². The van der Waals surface area contributed by atoms with Gasteiger partial charge >= 0.3 is 0 Å². The number of amides is 1. The first-order valence-electron chi connectivity index (χ1n) is 7.27. The molecule has 1 aromatic carbocycles. The first-order valence-corrected chi connectivity index (χ1v) is 8.88. The maximum atomic E-state index is 12.0. The van der Waals surface area contributed by atoms with Crippen molar-refractivity contribution in [3.8, 4) is 5.75 Å². The van der Waals surface area contributed by atoms with Gasteiger partial charge in [-0.3, -0.25) is 10.1 Å². The van der Waals surface area contributed by atoms with Crippen LogP contribution in [0.5, 0.6) is 5.75 Å². The molecule has 1 aliphatic carbocycles. The van der Waals surface area contributed by atoms with Crippen molar-refractivity contribution in [1.29, 1.82) is 0 Å². The summed E-state index contributed by atoms with van der Waals surface area (Å²) in [7, 11) is 0. The highest BCUT2D eigenvalue weighted by Crippen LogP contribution is 2.32. The van der Waals surface area contributed by atoms with Crippen LogP contribution in [0.3, 0.4) is 0 Å². The van der Waals surface area contributed by atoms with E-state index in [1.54, 1.807) is 11.3 Å². The number of thiazole rings is 1. The Morgan fingerprint density at radius 2 is 2.23 bits per heavy atom. The van der Waals surface area contributed by atoms with Gasteiger partial charge in [-0.15, -0.1) is 11.3 Å². The van der Waals surface area contributed by atoms with Gasteiger partial charge in [0.05, 0.1) is 5.69 Å². The van der Waals surface area contributed by atoms with Gasteiger partial charge in [0.1, 0.15) is 5.75 Å². The SMILES string of the molecule is CC1CCc2nc(NC(=O)COc3ccc(Br)cc3)sc2C1. The normalized spacial score (nSPS) is 16.9. The second kappa shape index (κ2) is 6.79. The number of rotatable bonds is 4. The number of fused-ring (bicyclic) bond motifs is 1. The summed E-state index contributed by atoms with van der Waals surface area (Å²) >= 11 is 4.95. The topological polar surface area (TPSA) is 51.2 Å². The Morgan fingerprint density at radius 3 is 3.00 bits per heavy atom. The third-order valence-electron chi connectivity index (χ3n) is 3.62. The van der Waals surface area contributed by atoms with Crippen molar-refractivity contribution in [3.63, 3.8) is 0 Å². The molecule has 3 rings (SSSR count). The van der Waals surface area contributed by atoms with Gasteiger partial charge < -0.3 is 4.74 Å². The van der Waals surface area contributed by atoms with Crippen molar-refractivity contribution >= 4 is 38.3 Å². The molecule has 1 aliphatic rings. The van der Waals surface area contributed by atoms with E-state index in [4.69, 9.17) is 4.74 Å². The third kappa shape index (κ3) is 3.87. The zero-order valence-corrected chi connectivity index (χ0v) is 14.7. The summed E-state index contributed by atoms with van der Waals surface area (Å²) in [6.07, 6.45) is 3.26. The lowest BCUT2D eigenvalue weighted by Crippen LogP contribution is -2.20. The smallest absolute Gasteiger partial charge is 0.264 e. The Bertz CT molecular complexity index is 669. The van der Waals surface area contributed by atoms with Crippen LogP contribution in [0.4, 0.5) is 5.13 Å². The Kier molecular flexibility index (Phi) is 4.78. The van der Waals surface area contributed by atoms with Crippen molar-refractivity contribution in [3.05, 3.63) is 39.3 Å². The Morgan fingerprint density at radius 1 is 1.45 bits per heavy atom. The van der Waals surface area contributed by atoms with Crippen LogP contribution < -0.4 is 10.1 Å². The number of carbonyl (C=O) groups is 1. The molecule has 0 saturated carbocycles. The van der Waals surface area contributed by atoms with Crippen LogP contribution in [0.1, 0.15) is 23.9 Å². The second-order valence-electron chi connectivity index (χ2n) is 5.53. The lowest BCUT2D eigenvalue weighted by Gasteiger charge is -2.15. The zero-order chi connectivity index (χ0) is 15.5. The predicted octanol–water partition coefficient (Wildman–Crippen LogP) is 4.05. The fourth-order valence-corrected chi connectivity index (χ4v) is 3.88. The lowest BCUT2D eigenvalue weighted by atomic mass is 9.93. The van der Waals surface area contributed by atoms with Gasteiger partial charge in [0.25, 0.3) is 5.91 Å². The van der Waals surface area contributed by atoms with E-state index < -0.39 is 0 Å². The number of anilines is 1. The molecule has 22 heavy (non-hydrogen) atoms. The summed E-state index contributed by atoms with van der Waals surface area (Å²) in [6, 6.07) is 7.40. The molecule has 1 atom stereocenters. The molecule has 1 N–H and O–H groups in total. The zero-order valence-electron chi connectivity index (χ0n) is 12.3. The van der Waals surface area contributed by atoms with E-state index >= 15 is 0 Å². The minimum Gasteiger partial charge on any atom is -0.484 e. The number of halogens is 1. The van der Waals surface area contributed by atoms with Gasteiger partial charge in [0, 0.05) is 9.35 Å². The highest BCUT2D eigenvalue weighted by Gasteiger charge is 2.20. The first-order chi connectivity index (χ1) is 10.6. The molecule has 1 unspecified atom stereocenters. The molecule has 2 aromatic rings. The Balaban J connectivity index is 1.54. The summed E-state index contributed by atoms with van der Waals surface area (Å²) in [5.74, 6) is 1.20. The van der Waals surface area contributed by atoms with Crippen LogP contribution in [0, 0.1) is 5.92 Å². The molecule has 1 heterocycles. The number of hydrogen-bond acceptors (Lipinski definition) is 4. The van der Waals surface area contributed by atoms with Crippen molar-refractivity contribution in [2.24, 2.45) is 5.92 Å². The van der Waals surface area contributed by atoms with E-state index in [-0.39, 0.29) is 12.5 Å². The fourth-order valence-electron chi connectivity index (χ4n) is 2.43. The van der Waals surface area contributed by atoms with Gasteiger partial charge in [-0.05, 0) is 49.4 Å². The third-order valence-corrected chi connectivity index (χ3v) is 5.18. The molecule has 1 amide bonds.